The summed E-state index contributed by atoms with van der Waals surface area (Å²) in [5.74, 6) is -0.187. The van der Waals surface area contributed by atoms with Crippen LogP contribution in [0.15, 0.2) is 83.8 Å². The molecule has 166 valence electrons. The number of para-hydroxylation sites is 1. The van der Waals surface area contributed by atoms with Gasteiger partial charge in [-0.05, 0) is 59.3 Å². The highest BCUT2D eigenvalue weighted by atomic mass is 35.5. The summed E-state index contributed by atoms with van der Waals surface area (Å²) in [7, 11) is 0. The number of nitrogens with one attached hydrogen (secondary N) is 1. The van der Waals surface area contributed by atoms with Gasteiger partial charge in [-0.25, -0.2) is 0 Å². The smallest absolute Gasteiger partial charge is 0.293 e. The van der Waals surface area contributed by atoms with Gasteiger partial charge in [-0.15, -0.1) is 0 Å². The van der Waals surface area contributed by atoms with Gasteiger partial charge >= 0.3 is 0 Å². The van der Waals surface area contributed by atoms with E-state index in [1.807, 2.05) is 24.3 Å². The van der Waals surface area contributed by atoms with Crippen molar-refractivity contribution in [2.24, 2.45) is 0 Å². The number of benzene rings is 3. The van der Waals surface area contributed by atoms with Crippen LogP contribution >= 0.6 is 23.4 Å². The largest absolute Gasteiger partial charge is 0.484 e. The zero-order valence-corrected chi connectivity index (χ0v) is 18.9. The van der Waals surface area contributed by atoms with Crippen molar-refractivity contribution in [3.05, 3.63) is 99.9 Å². The topological polar surface area (TPSA) is 75.7 Å². The number of ether oxygens (including phenoxy) is 1. The minimum atomic E-state index is -0.376. The fourth-order valence-electron chi connectivity index (χ4n) is 3.15. The van der Waals surface area contributed by atoms with Crippen LogP contribution in [0.25, 0.3) is 6.08 Å². The van der Waals surface area contributed by atoms with E-state index >= 15 is 0 Å². The lowest BCUT2D eigenvalue weighted by molar-refractivity contribution is -0.123. The number of carbonyl (C=O) groups is 3. The Kier molecular flexibility index (Phi) is 7.12. The molecule has 1 heterocycles. The van der Waals surface area contributed by atoms with Crippen molar-refractivity contribution in [3.63, 3.8) is 0 Å². The molecule has 4 rings (SSSR count). The zero-order valence-electron chi connectivity index (χ0n) is 17.4. The molecule has 3 aromatic rings. The molecule has 1 N–H and O–H groups in total. The first kappa shape index (κ1) is 22.6. The quantitative estimate of drug-likeness (QED) is 0.448. The summed E-state index contributed by atoms with van der Waals surface area (Å²) in [5, 5.41) is 2.90. The highest BCUT2D eigenvalue weighted by Gasteiger charge is 2.35. The molecule has 0 saturated carbocycles. The average molecular weight is 479 g/mol. The maximum absolute atomic E-state index is 12.8. The van der Waals surface area contributed by atoms with Gasteiger partial charge in [-0.3, -0.25) is 19.3 Å². The van der Waals surface area contributed by atoms with Crippen LogP contribution in [0.3, 0.4) is 0 Å². The van der Waals surface area contributed by atoms with E-state index in [9.17, 15) is 14.4 Å². The van der Waals surface area contributed by atoms with Gasteiger partial charge in [0.15, 0.2) is 6.61 Å². The van der Waals surface area contributed by atoms with Crippen LogP contribution in [-0.2, 0) is 16.1 Å². The normalized spacial score (nSPS) is 14.6. The Labute approximate surface area is 200 Å². The van der Waals surface area contributed by atoms with Gasteiger partial charge in [0.25, 0.3) is 17.1 Å². The van der Waals surface area contributed by atoms with Crippen LogP contribution in [0.4, 0.5) is 10.5 Å². The molecule has 3 amide bonds. The first-order valence-corrected chi connectivity index (χ1v) is 11.3. The molecule has 1 fully saturated rings. The molecular weight excluding hydrogens is 460 g/mol. The number of hydrogen-bond acceptors (Lipinski definition) is 5. The van der Waals surface area contributed by atoms with Crippen molar-refractivity contribution in [3.8, 4) is 5.75 Å². The monoisotopic (exact) mass is 478 g/mol. The van der Waals surface area contributed by atoms with Crippen LogP contribution in [0.5, 0.6) is 5.75 Å². The van der Waals surface area contributed by atoms with Crippen molar-refractivity contribution in [2.75, 3.05) is 11.9 Å². The molecule has 1 saturated heterocycles. The van der Waals surface area contributed by atoms with Crippen LogP contribution in [0.2, 0.25) is 5.02 Å². The van der Waals surface area contributed by atoms with E-state index in [2.05, 4.69) is 5.32 Å². The number of carbonyl (C=O) groups excluding carboxylic acids is 3. The maximum atomic E-state index is 12.8. The third kappa shape index (κ3) is 5.83. The molecule has 33 heavy (non-hydrogen) atoms. The summed E-state index contributed by atoms with van der Waals surface area (Å²) in [5.41, 5.74) is 2.07. The lowest BCUT2D eigenvalue weighted by atomic mass is 10.2. The third-order valence-electron chi connectivity index (χ3n) is 4.74. The second-order valence-electron chi connectivity index (χ2n) is 7.13. The van der Waals surface area contributed by atoms with E-state index in [0.717, 1.165) is 11.8 Å². The summed E-state index contributed by atoms with van der Waals surface area (Å²) < 4.78 is 5.58. The molecule has 3 aromatic carbocycles. The third-order valence-corrected chi connectivity index (χ3v) is 6.02. The minimum Gasteiger partial charge on any atom is -0.484 e. The van der Waals surface area contributed by atoms with Gasteiger partial charge in [0, 0.05) is 10.7 Å². The SMILES string of the molecule is O=C(COc1cccc(/C=C2\SC(=O)N(Cc3ccccc3Cl)C2=O)c1)Nc1ccccc1. The van der Waals surface area contributed by atoms with E-state index in [4.69, 9.17) is 16.3 Å². The van der Waals surface area contributed by atoms with Crippen LogP contribution < -0.4 is 10.1 Å². The number of imide groups is 1. The lowest BCUT2D eigenvalue weighted by Gasteiger charge is -2.13. The molecule has 0 atom stereocenters. The highest BCUT2D eigenvalue weighted by Crippen LogP contribution is 2.34. The van der Waals surface area contributed by atoms with E-state index in [1.54, 1.807) is 60.7 Å². The van der Waals surface area contributed by atoms with Gasteiger partial charge in [-0.2, -0.15) is 0 Å². The lowest BCUT2D eigenvalue weighted by Crippen LogP contribution is -2.27. The van der Waals surface area contributed by atoms with Crippen molar-refractivity contribution >= 4 is 52.2 Å². The molecule has 1 aliphatic heterocycles. The highest BCUT2D eigenvalue weighted by molar-refractivity contribution is 8.18. The molecule has 0 aromatic heterocycles. The summed E-state index contributed by atoms with van der Waals surface area (Å²) in [6.07, 6.45) is 1.63. The van der Waals surface area contributed by atoms with Gasteiger partial charge in [0.1, 0.15) is 5.75 Å². The predicted molar refractivity (Wildman–Crippen MR) is 130 cm³/mol. The Balaban J connectivity index is 1.40. The van der Waals surface area contributed by atoms with Crippen molar-refractivity contribution in [1.29, 1.82) is 0 Å². The fourth-order valence-corrected chi connectivity index (χ4v) is 4.18. The maximum Gasteiger partial charge on any atom is 0.293 e. The number of amides is 3. The molecule has 0 bridgehead atoms. The Morgan fingerprint density at radius 2 is 1.76 bits per heavy atom. The minimum absolute atomic E-state index is 0.112. The Morgan fingerprint density at radius 1 is 1.00 bits per heavy atom. The zero-order chi connectivity index (χ0) is 23.2. The van der Waals surface area contributed by atoms with E-state index < -0.39 is 0 Å². The van der Waals surface area contributed by atoms with Gasteiger partial charge in [0.05, 0.1) is 11.4 Å². The molecule has 0 radical (unpaired) electrons. The van der Waals surface area contributed by atoms with Crippen LogP contribution in [-0.4, -0.2) is 28.6 Å². The Bertz CT molecular complexity index is 1230. The number of nitrogens with zero attached hydrogens (tertiary/aromatic N) is 1. The van der Waals surface area contributed by atoms with E-state index in [1.165, 1.54) is 4.90 Å². The number of halogens is 1. The molecule has 0 unspecified atom stereocenters. The molecule has 1 aliphatic rings. The summed E-state index contributed by atoms with van der Waals surface area (Å²) in [6, 6.07) is 23.2. The summed E-state index contributed by atoms with van der Waals surface area (Å²) >= 11 is 7.04. The van der Waals surface area contributed by atoms with Gasteiger partial charge in [0.2, 0.25) is 0 Å². The van der Waals surface area contributed by atoms with E-state index in [0.29, 0.717) is 32.5 Å². The number of rotatable bonds is 7. The van der Waals surface area contributed by atoms with Crippen molar-refractivity contribution < 1.29 is 19.1 Å². The molecule has 0 spiro atoms. The first-order chi connectivity index (χ1) is 16.0. The second-order valence-corrected chi connectivity index (χ2v) is 8.54. The average Bonchev–Trinajstić information content (AvgIpc) is 3.07. The van der Waals surface area contributed by atoms with Gasteiger partial charge in [-0.1, -0.05) is 60.1 Å². The van der Waals surface area contributed by atoms with Crippen molar-refractivity contribution in [2.45, 2.75) is 6.54 Å². The summed E-state index contributed by atoms with van der Waals surface area (Å²) in [4.78, 5) is 38.8. The van der Waals surface area contributed by atoms with Crippen LogP contribution in [0.1, 0.15) is 11.1 Å². The Morgan fingerprint density at radius 3 is 2.55 bits per heavy atom. The van der Waals surface area contributed by atoms with Crippen LogP contribution in [0, 0.1) is 0 Å². The molecule has 8 heteroatoms. The first-order valence-electron chi connectivity index (χ1n) is 10.1. The Hall–Kier alpha value is -3.55. The van der Waals surface area contributed by atoms with E-state index in [-0.39, 0.29) is 30.2 Å². The standard InChI is InChI=1S/C25H19ClN2O4S/c26-21-12-5-4-8-18(21)15-28-24(30)22(33-25(28)31)14-17-7-6-11-20(13-17)32-16-23(29)27-19-9-2-1-3-10-19/h1-14H,15-16H2,(H,27,29)/b22-14-. The number of hydrogen-bond donors (Lipinski definition) is 1. The molecular formula is C25H19ClN2O4S. The summed E-state index contributed by atoms with van der Waals surface area (Å²) in [6.45, 7) is -0.0476. The molecule has 0 aliphatic carbocycles. The second kappa shape index (κ2) is 10.4. The number of anilines is 1. The van der Waals surface area contributed by atoms with Crippen molar-refractivity contribution in [1.82, 2.24) is 4.90 Å². The number of thioether (sulfide) groups is 1. The van der Waals surface area contributed by atoms with Gasteiger partial charge < -0.3 is 10.1 Å². The fraction of sp³-hybridized carbons (Fsp3) is 0.0800. The molecule has 6 nitrogen and oxygen atoms in total. The predicted octanol–water partition coefficient (Wildman–Crippen LogP) is 5.59.